The summed E-state index contributed by atoms with van der Waals surface area (Å²) in [5.41, 5.74) is 0.213. The molecule has 1 saturated carbocycles. The summed E-state index contributed by atoms with van der Waals surface area (Å²) in [5, 5.41) is 3.19. The van der Waals surface area contributed by atoms with E-state index in [0.29, 0.717) is 0 Å². The van der Waals surface area contributed by atoms with E-state index < -0.39 is 16.6 Å². The molecule has 1 aromatic rings. The van der Waals surface area contributed by atoms with Crippen LogP contribution in [0.4, 0.5) is 4.39 Å². The van der Waals surface area contributed by atoms with Gasteiger partial charge in [0.05, 0.1) is 5.75 Å². The Bertz CT molecular complexity index is 525. The average Bonchev–Trinajstić information content (AvgIpc) is 2.71. The first-order chi connectivity index (χ1) is 10.6. The fourth-order valence-electron chi connectivity index (χ4n) is 2.72. The first-order valence-electron chi connectivity index (χ1n) is 7.63. The fourth-order valence-corrected chi connectivity index (χ4v) is 4.12. The standard InChI is InChI=1S/C16H21ClFNO2S/c17-14-8-5-9-15(18)13(14)10-22(21)11-16(20)19-12-6-3-1-2-4-7-12/h5,8-9,12H,1-4,6-7,10-11H2,(H,19,20)/t22-/m0/s1. The van der Waals surface area contributed by atoms with Gasteiger partial charge in [-0.25, -0.2) is 4.39 Å². The summed E-state index contributed by atoms with van der Waals surface area (Å²) in [6.07, 6.45) is 6.64. The van der Waals surface area contributed by atoms with Crippen LogP contribution in [-0.4, -0.2) is 21.9 Å². The molecule has 1 N–H and O–H groups in total. The van der Waals surface area contributed by atoms with Crippen LogP contribution in [0.15, 0.2) is 18.2 Å². The lowest BCUT2D eigenvalue weighted by Crippen LogP contribution is -2.37. The van der Waals surface area contributed by atoms with E-state index in [2.05, 4.69) is 5.32 Å². The van der Waals surface area contributed by atoms with Crippen LogP contribution >= 0.6 is 11.6 Å². The number of amides is 1. The second-order valence-electron chi connectivity index (χ2n) is 5.68. The van der Waals surface area contributed by atoms with Gasteiger partial charge in [-0.1, -0.05) is 43.4 Å². The lowest BCUT2D eigenvalue weighted by Gasteiger charge is -2.16. The zero-order valence-electron chi connectivity index (χ0n) is 12.4. The lowest BCUT2D eigenvalue weighted by molar-refractivity contribution is -0.119. The molecule has 1 aliphatic carbocycles. The number of rotatable bonds is 5. The lowest BCUT2D eigenvalue weighted by atomic mass is 10.1. The maximum absolute atomic E-state index is 13.6. The van der Waals surface area contributed by atoms with Crippen molar-refractivity contribution in [1.82, 2.24) is 5.32 Å². The van der Waals surface area contributed by atoms with Gasteiger partial charge in [-0.3, -0.25) is 9.00 Å². The van der Waals surface area contributed by atoms with Crippen LogP contribution in [-0.2, 0) is 21.3 Å². The van der Waals surface area contributed by atoms with Crippen molar-refractivity contribution in [2.45, 2.75) is 50.3 Å². The van der Waals surface area contributed by atoms with E-state index in [-0.39, 0.29) is 34.0 Å². The van der Waals surface area contributed by atoms with E-state index in [9.17, 15) is 13.4 Å². The van der Waals surface area contributed by atoms with Crippen molar-refractivity contribution >= 4 is 28.3 Å². The summed E-state index contributed by atoms with van der Waals surface area (Å²) < 4.78 is 25.7. The van der Waals surface area contributed by atoms with Crippen LogP contribution in [0, 0.1) is 5.82 Å². The summed E-state index contributed by atoms with van der Waals surface area (Å²) in [5.74, 6) is -0.854. The second-order valence-corrected chi connectivity index (χ2v) is 7.55. The highest BCUT2D eigenvalue weighted by Gasteiger charge is 2.18. The van der Waals surface area contributed by atoms with Gasteiger partial charge in [-0.2, -0.15) is 0 Å². The van der Waals surface area contributed by atoms with Gasteiger partial charge in [-0.15, -0.1) is 0 Å². The molecule has 22 heavy (non-hydrogen) atoms. The third-order valence-electron chi connectivity index (χ3n) is 3.88. The normalized spacial score (nSPS) is 17.7. The molecule has 0 spiro atoms. The van der Waals surface area contributed by atoms with Crippen molar-refractivity contribution in [2.75, 3.05) is 5.75 Å². The van der Waals surface area contributed by atoms with Gasteiger partial charge >= 0.3 is 0 Å². The third-order valence-corrected chi connectivity index (χ3v) is 5.43. The number of hydrogen-bond acceptors (Lipinski definition) is 2. The van der Waals surface area contributed by atoms with Crippen LogP contribution in [0.1, 0.15) is 44.1 Å². The van der Waals surface area contributed by atoms with Crippen LogP contribution in [0.2, 0.25) is 5.02 Å². The number of benzene rings is 1. The van der Waals surface area contributed by atoms with E-state index in [1.165, 1.54) is 25.0 Å². The Balaban J connectivity index is 1.84. The second kappa shape index (κ2) is 8.63. The zero-order chi connectivity index (χ0) is 15.9. The summed E-state index contributed by atoms with van der Waals surface area (Å²) in [6, 6.07) is 4.53. The molecule has 1 amide bonds. The Morgan fingerprint density at radius 1 is 1.27 bits per heavy atom. The first-order valence-corrected chi connectivity index (χ1v) is 9.50. The Labute approximate surface area is 138 Å². The molecular weight excluding hydrogens is 325 g/mol. The molecule has 0 unspecified atom stereocenters. The molecule has 2 rings (SSSR count). The quantitative estimate of drug-likeness (QED) is 0.829. The van der Waals surface area contributed by atoms with E-state index >= 15 is 0 Å². The van der Waals surface area contributed by atoms with Gasteiger partial charge in [-0.05, 0) is 25.0 Å². The van der Waals surface area contributed by atoms with Crippen molar-refractivity contribution in [3.8, 4) is 0 Å². The average molecular weight is 346 g/mol. The molecule has 122 valence electrons. The molecule has 1 aliphatic rings. The summed E-state index contributed by atoms with van der Waals surface area (Å²) in [6.45, 7) is 0. The molecular formula is C16H21ClFNO2S. The fraction of sp³-hybridized carbons (Fsp3) is 0.562. The van der Waals surface area contributed by atoms with Crippen LogP contribution < -0.4 is 5.32 Å². The smallest absolute Gasteiger partial charge is 0.232 e. The third kappa shape index (κ3) is 5.36. The molecule has 3 nitrogen and oxygen atoms in total. The van der Waals surface area contributed by atoms with Gasteiger partial charge in [0.2, 0.25) is 5.91 Å². The van der Waals surface area contributed by atoms with Gasteiger partial charge in [0.25, 0.3) is 0 Å². The highest BCUT2D eigenvalue weighted by molar-refractivity contribution is 7.84. The minimum absolute atomic E-state index is 0.0381. The first kappa shape index (κ1) is 17.4. The van der Waals surface area contributed by atoms with Crippen LogP contribution in [0.5, 0.6) is 0 Å². The minimum Gasteiger partial charge on any atom is -0.353 e. The molecule has 0 aromatic heterocycles. The summed E-state index contributed by atoms with van der Waals surface area (Å²) in [4.78, 5) is 12.0. The molecule has 1 fully saturated rings. The maximum atomic E-state index is 13.6. The number of carbonyl (C=O) groups excluding carboxylic acids is 1. The van der Waals surface area contributed by atoms with Crippen LogP contribution in [0.3, 0.4) is 0 Å². The molecule has 1 aromatic carbocycles. The highest BCUT2D eigenvalue weighted by atomic mass is 35.5. The number of halogens is 2. The predicted octanol–water partition coefficient (Wildman–Crippen LogP) is 3.57. The van der Waals surface area contributed by atoms with Gasteiger partial charge in [0.15, 0.2) is 0 Å². The predicted molar refractivity (Wildman–Crippen MR) is 87.8 cm³/mol. The van der Waals surface area contributed by atoms with Gasteiger partial charge in [0.1, 0.15) is 11.6 Å². The molecule has 6 heteroatoms. The molecule has 0 heterocycles. The molecule has 0 saturated heterocycles. The van der Waals surface area contributed by atoms with E-state index in [1.54, 1.807) is 6.07 Å². The Kier molecular flexibility index (Phi) is 6.83. The minimum atomic E-state index is -1.47. The summed E-state index contributed by atoms with van der Waals surface area (Å²) >= 11 is 5.91. The Morgan fingerprint density at radius 2 is 1.95 bits per heavy atom. The van der Waals surface area contributed by atoms with E-state index in [1.807, 2.05) is 0 Å². The topological polar surface area (TPSA) is 46.2 Å². The number of carbonyl (C=O) groups is 1. The summed E-state index contributed by atoms with van der Waals surface area (Å²) in [7, 11) is -1.47. The zero-order valence-corrected chi connectivity index (χ0v) is 14.0. The van der Waals surface area contributed by atoms with Crippen LogP contribution in [0.25, 0.3) is 0 Å². The van der Waals surface area contributed by atoms with E-state index in [0.717, 1.165) is 25.7 Å². The SMILES string of the molecule is O=C(C[S@@](=O)Cc1c(F)cccc1Cl)NC1CCCCCC1. The molecule has 0 aliphatic heterocycles. The van der Waals surface area contributed by atoms with Crippen molar-refractivity contribution in [3.63, 3.8) is 0 Å². The molecule has 1 atom stereocenters. The maximum Gasteiger partial charge on any atom is 0.232 e. The van der Waals surface area contributed by atoms with Gasteiger partial charge < -0.3 is 5.32 Å². The number of nitrogens with one attached hydrogen (secondary N) is 1. The highest BCUT2D eigenvalue weighted by Crippen LogP contribution is 2.21. The van der Waals surface area contributed by atoms with Crippen molar-refractivity contribution in [2.24, 2.45) is 0 Å². The van der Waals surface area contributed by atoms with E-state index in [4.69, 9.17) is 11.6 Å². The monoisotopic (exact) mass is 345 g/mol. The van der Waals surface area contributed by atoms with Gasteiger partial charge in [0, 0.05) is 27.4 Å². The molecule has 0 radical (unpaired) electrons. The van der Waals surface area contributed by atoms with Crippen molar-refractivity contribution < 1.29 is 13.4 Å². The van der Waals surface area contributed by atoms with Crippen molar-refractivity contribution in [1.29, 1.82) is 0 Å². The Hall–Kier alpha value is -0.940. The Morgan fingerprint density at radius 3 is 2.59 bits per heavy atom. The molecule has 0 bridgehead atoms. The number of hydrogen-bond donors (Lipinski definition) is 1. The largest absolute Gasteiger partial charge is 0.353 e. The van der Waals surface area contributed by atoms with Crippen molar-refractivity contribution in [3.05, 3.63) is 34.6 Å².